The lowest BCUT2D eigenvalue weighted by Gasteiger charge is -2.27. The minimum atomic E-state index is -2.74. The predicted octanol–water partition coefficient (Wildman–Crippen LogP) is 3.80. The largest absolute Gasteiger partial charge is 0.271 e. The summed E-state index contributed by atoms with van der Waals surface area (Å²) in [7, 11) is 0. The molecular weight excluding hydrogens is 158 g/mol. The summed E-state index contributed by atoms with van der Waals surface area (Å²) in [5.41, 5.74) is -1.01. The fourth-order valence-electron chi connectivity index (χ4n) is 0.538. The molecule has 0 aromatic rings. The van der Waals surface area contributed by atoms with Crippen molar-refractivity contribution in [3.63, 3.8) is 0 Å². The quantitative estimate of drug-likeness (QED) is 0.558. The van der Waals surface area contributed by atoms with Crippen LogP contribution in [0.1, 0.15) is 27.7 Å². The van der Waals surface area contributed by atoms with Crippen LogP contribution in [0.5, 0.6) is 0 Å². The van der Waals surface area contributed by atoms with Crippen LogP contribution < -0.4 is 0 Å². The highest BCUT2D eigenvalue weighted by atomic mass is 19.3. The maximum atomic E-state index is 13.1. The van der Waals surface area contributed by atoms with E-state index in [1.807, 2.05) is 0 Å². The van der Waals surface area contributed by atoms with E-state index >= 15 is 0 Å². The molecule has 0 atom stereocenters. The van der Waals surface area contributed by atoms with Crippen LogP contribution >= 0.6 is 0 Å². The van der Waals surface area contributed by atoms with Gasteiger partial charge in [-0.05, 0) is 13.0 Å². The standard InChI is InChI=1S/C10H16F2/c1-5-6-7-8-10(11,12)9(2,3)4/h5-8H,1-4H3/b6-5+,8-7+. The van der Waals surface area contributed by atoms with Crippen LogP contribution in [0.4, 0.5) is 8.78 Å². The van der Waals surface area contributed by atoms with E-state index in [9.17, 15) is 8.78 Å². The summed E-state index contributed by atoms with van der Waals surface area (Å²) in [6.07, 6.45) is 5.63. The molecule has 0 N–H and O–H groups in total. The number of allylic oxidation sites excluding steroid dienone is 4. The van der Waals surface area contributed by atoms with Gasteiger partial charge in [-0.25, -0.2) is 8.78 Å². The Morgan fingerprint density at radius 3 is 1.83 bits per heavy atom. The molecule has 0 radical (unpaired) electrons. The molecule has 0 unspecified atom stereocenters. The van der Waals surface area contributed by atoms with Gasteiger partial charge in [0, 0.05) is 5.41 Å². The number of hydrogen-bond acceptors (Lipinski definition) is 0. The summed E-state index contributed by atoms with van der Waals surface area (Å²) in [6.45, 7) is 6.35. The van der Waals surface area contributed by atoms with Crippen LogP contribution in [0.25, 0.3) is 0 Å². The Morgan fingerprint density at radius 1 is 1.00 bits per heavy atom. The Balaban J connectivity index is 4.42. The van der Waals surface area contributed by atoms with Crippen molar-refractivity contribution in [3.8, 4) is 0 Å². The predicted molar refractivity (Wildman–Crippen MR) is 48.4 cm³/mol. The molecule has 0 spiro atoms. The van der Waals surface area contributed by atoms with Crippen molar-refractivity contribution in [1.82, 2.24) is 0 Å². The summed E-state index contributed by atoms with van der Waals surface area (Å²) < 4.78 is 26.3. The summed E-state index contributed by atoms with van der Waals surface area (Å²) in [6, 6.07) is 0. The maximum absolute atomic E-state index is 13.1. The molecule has 0 fully saturated rings. The van der Waals surface area contributed by atoms with Gasteiger partial charge in [-0.15, -0.1) is 0 Å². The van der Waals surface area contributed by atoms with Gasteiger partial charge in [0.05, 0.1) is 0 Å². The lowest BCUT2D eigenvalue weighted by Crippen LogP contribution is -2.31. The first kappa shape index (κ1) is 11.3. The van der Waals surface area contributed by atoms with E-state index in [0.717, 1.165) is 6.08 Å². The first-order valence-electron chi connectivity index (χ1n) is 3.99. The van der Waals surface area contributed by atoms with Gasteiger partial charge in [-0.2, -0.15) is 0 Å². The minimum absolute atomic E-state index is 0.938. The highest BCUT2D eigenvalue weighted by Gasteiger charge is 2.39. The van der Waals surface area contributed by atoms with Crippen molar-refractivity contribution < 1.29 is 8.78 Å². The molecule has 0 aliphatic heterocycles. The van der Waals surface area contributed by atoms with Crippen molar-refractivity contribution in [1.29, 1.82) is 0 Å². The third-order valence-electron chi connectivity index (χ3n) is 1.61. The summed E-state index contributed by atoms with van der Waals surface area (Å²) in [5.74, 6) is -2.74. The molecular formula is C10H16F2. The van der Waals surface area contributed by atoms with Crippen molar-refractivity contribution in [2.45, 2.75) is 33.6 Å². The van der Waals surface area contributed by atoms with Gasteiger partial charge >= 0.3 is 0 Å². The minimum Gasteiger partial charge on any atom is -0.201 e. The van der Waals surface area contributed by atoms with Gasteiger partial charge in [0.25, 0.3) is 5.92 Å². The Labute approximate surface area is 73.0 Å². The maximum Gasteiger partial charge on any atom is 0.271 e. The molecule has 0 bridgehead atoms. The molecule has 12 heavy (non-hydrogen) atoms. The highest BCUT2D eigenvalue weighted by molar-refractivity contribution is 5.09. The van der Waals surface area contributed by atoms with E-state index in [1.54, 1.807) is 19.1 Å². The normalized spacial score (nSPS) is 14.8. The van der Waals surface area contributed by atoms with E-state index in [1.165, 1.54) is 26.8 Å². The molecule has 70 valence electrons. The van der Waals surface area contributed by atoms with Crippen LogP contribution in [-0.4, -0.2) is 5.92 Å². The van der Waals surface area contributed by atoms with Crippen LogP contribution in [0.3, 0.4) is 0 Å². The summed E-state index contributed by atoms with van der Waals surface area (Å²) in [4.78, 5) is 0. The van der Waals surface area contributed by atoms with E-state index in [-0.39, 0.29) is 0 Å². The average Bonchev–Trinajstić information content (AvgIpc) is 1.85. The SMILES string of the molecule is C/C=C/C=C/C(F)(F)C(C)(C)C. The van der Waals surface area contributed by atoms with Crippen LogP contribution in [-0.2, 0) is 0 Å². The fourth-order valence-corrected chi connectivity index (χ4v) is 0.538. The first-order chi connectivity index (χ1) is 5.31. The van der Waals surface area contributed by atoms with Crippen molar-refractivity contribution >= 4 is 0 Å². The molecule has 0 rings (SSSR count). The van der Waals surface area contributed by atoms with E-state index in [4.69, 9.17) is 0 Å². The topological polar surface area (TPSA) is 0 Å². The number of halogens is 2. The van der Waals surface area contributed by atoms with Crippen molar-refractivity contribution in [3.05, 3.63) is 24.3 Å². The Morgan fingerprint density at radius 2 is 1.50 bits per heavy atom. The molecule has 0 saturated heterocycles. The Hall–Kier alpha value is -0.660. The fraction of sp³-hybridized carbons (Fsp3) is 0.600. The molecule has 0 aromatic carbocycles. The Bertz CT molecular complexity index is 183. The lowest BCUT2D eigenvalue weighted by atomic mass is 9.88. The average molecular weight is 174 g/mol. The third-order valence-corrected chi connectivity index (χ3v) is 1.61. The van der Waals surface area contributed by atoms with Gasteiger partial charge in [0.1, 0.15) is 0 Å². The second-order valence-corrected chi connectivity index (χ2v) is 3.76. The van der Waals surface area contributed by atoms with Gasteiger partial charge in [0.15, 0.2) is 0 Å². The van der Waals surface area contributed by atoms with E-state index in [2.05, 4.69) is 0 Å². The van der Waals surface area contributed by atoms with Crippen molar-refractivity contribution in [2.75, 3.05) is 0 Å². The highest BCUT2D eigenvalue weighted by Crippen LogP contribution is 2.36. The second-order valence-electron chi connectivity index (χ2n) is 3.76. The monoisotopic (exact) mass is 174 g/mol. The number of hydrogen-bond donors (Lipinski definition) is 0. The van der Waals surface area contributed by atoms with Crippen molar-refractivity contribution in [2.24, 2.45) is 5.41 Å². The Kier molecular flexibility index (Phi) is 3.62. The van der Waals surface area contributed by atoms with Gasteiger partial charge in [0.2, 0.25) is 0 Å². The molecule has 0 aromatic heterocycles. The third kappa shape index (κ3) is 3.16. The molecule has 0 saturated carbocycles. The molecule has 0 nitrogen and oxygen atoms in total. The summed E-state index contributed by atoms with van der Waals surface area (Å²) in [5, 5.41) is 0. The smallest absolute Gasteiger partial charge is 0.201 e. The first-order valence-corrected chi connectivity index (χ1v) is 3.99. The zero-order valence-corrected chi connectivity index (χ0v) is 8.07. The lowest BCUT2D eigenvalue weighted by molar-refractivity contribution is -0.0499. The zero-order valence-electron chi connectivity index (χ0n) is 8.07. The van der Waals surface area contributed by atoms with Gasteiger partial charge in [-0.3, -0.25) is 0 Å². The molecule has 0 heterocycles. The van der Waals surface area contributed by atoms with Crippen LogP contribution in [0.2, 0.25) is 0 Å². The zero-order chi connectivity index (χ0) is 9.83. The molecule has 0 aliphatic carbocycles. The van der Waals surface area contributed by atoms with Crippen LogP contribution in [0, 0.1) is 5.41 Å². The second kappa shape index (κ2) is 3.83. The van der Waals surface area contributed by atoms with E-state index in [0.29, 0.717) is 0 Å². The molecule has 0 aliphatic rings. The van der Waals surface area contributed by atoms with Gasteiger partial charge in [-0.1, -0.05) is 39.0 Å². The number of alkyl halides is 2. The van der Waals surface area contributed by atoms with E-state index < -0.39 is 11.3 Å². The molecule has 2 heteroatoms. The van der Waals surface area contributed by atoms with Gasteiger partial charge < -0.3 is 0 Å². The molecule has 0 amide bonds. The summed E-state index contributed by atoms with van der Waals surface area (Å²) >= 11 is 0. The number of rotatable bonds is 2. The van der Waals surface area contributed by atoms with Crippen LogP contribution in [0.15, 0.2) is 24.3 Å².